The molecule has 0 aromatic carbocycles. The minimum absolute atomic E-state index is 0.132. The van der Waals surface area contributed by atoms with E-state index in [0.717, 1.165) is 13.2 Å². The fraction of sp³-hybridized carbons (Fsp3) is 1.00. The van der Waals surface area contributed by atoms with Crippen LogP contribution in [0.3, 0.4) is 0 Å². The molecule has 0 aliphatic carbocycles. The van der Waals surface area contributed by atoms with Gasteiger partial charge >= 0.3 is 0 Å². The smallest absolute Gasteiger partial charge is 0.0698 e. The Balaban J connectivity index is 2.04. The Kier molecular flexibility index (Phi) is 4.85. The predicted molar refractivity (Wildman–Crippen MR) is 57.4 cm³/mol. The zero-order valence-electron chi connectivity index (χ0n) is 9.46. The molecule has 3 nitrogen and oxygen atoms in total. The highest BCUT2D eigenvalue weighted by Crippen LogP contribution is 2.29. The van der Waals surface area contributed by atoms with Crippen LogP contribution in [0.5, 0.6) is 0 Å². The minimum Gasteiger partial charge on any atom is -0.394 e. The van der Waals surface area contributed by atoms with Gasteiger partial charge in [0.1, 0.15) is 0 Å². The summed E-state index contributed by atoms with van der Waals surface area (Å²) in [6.45, 7) is 9.42. The summed E-state index contributed by atoms with van der Waals surface area (Å²) in [5.74, 6) is 0. The fourth-order valence-corrected chi connectivity index (χ4v) is 1.74. The van der Waals surface area contributed by atoms with Gasteiger partial charge in [-0.05, 0) is 31.3 Å². The number of aliphatic hydroxyl groups excluding tert-OH is 1. The molecule has 1 aliphatic rings. The molecule has 0 aromatic heterocycles. The molecule has 0 radical (unpaired) electrons. The Morgan fingerprint density at radius 3 is 2.43 bits per heavy atom. The fourth-order valence-electron chi connectivity index (χ4n) is 1.74. The molecule has 1 saturated heterocycles. The Morgan fingerprint density at radius 2 is 1.86 bits per heavy atom. The summed E-state index contributed by atoms with van der Waals surface area (Å²) in [6.07, 6.45) is 2.57. The number of hydrogen-bond acceptors (Lipinski definition) is 3. The molecule has 0 unspecified atom stereocenters. The second-order valence-corrected chi connectivity index (χ2v) is 4.84. The van der Waals surface area contributed by atoms with E-state index in [1.807, 2.05) is 0 Å². The van der Waals surface area contributed by atoms with Crippen LogP contribution in [0.25, 0.3) is 0 Å². The first kappa shape index (κ1) is 12.0. The maximum Gasteiger partial charge on any atom is 0.0698 e. The third kappa shape index (κ3) is 4.40. The van der Waals surface area contributed by atoms with Crippen molar-refractivity contribution in [2.45, 2.75) is 26.7 Å². The van der Waals surface area contributed by atoms with Gasteiger partial charge in [-0.25, -0.2) is 0 Å². The third-order valence-electron chi connectivity index (χ3n) is 3.00. The van der Waals surface area contributed by atoms with Crippen molar-refractivity contribution in [1.29, 1.82) is 0 Å². The van der Waals surface area contributed by atoms with E-state index >= 15 is 0 Å². The lowest BCUT2D eigenvalue weighted by molar-refractivity contribution is 0.0563. The van der Waals surface area contributed by atoms with Crippen molar-refractivity contribution in [3.63, 3.8) is 0 Å². The monoisotopic (exact) mass is 201 g/mol. The van der Waals surface area contributed by atoms with Gasteiger partial charge < -0.3 is 14.7 Å². The van der Waals surface area contributed by atoms with Crippen LogP contribution in [0, 0.1) is 5.41 Å². The zero-order chi connectivity index (χ0) is 10.4. The number of ether oxygens (including phenoxy) is 1. The van der Waals surface area contributed by atoms with Gasteiger partial charge in [-0.1, -0.05) is 13.8 Å². The molecule has 0 bridgehead atoms. The van der Waals surface area contributed by atoms with Crippen LogP contribution in [0.15, 0.2) is 0 Å². The minimum atomic E-state index is 0.132. The number of rotatable bonds is 5. The first-order valence-corrected chi connectivity index (χ1v) is 5.55. The number of aliphatic hydroxyl groups is 1. The van der Waals surface area contributed by atoms with Crippen molar-refractivity contribution in [1.82, 2.24) is 4.90 Å². The third-order valence-corrected chi connectivity index (χ3v) is 3.00. The van der Waals surface area contributed by atoms with Gasteiger partial charge in [-0.3, -0.25) is 0 Å². The zero-order valence-corrected chi connectivity index (χ0v) is 9.46. The lowest BCUT2D eigenvalue weighted by Gasteiger charge is -2.36. The Morgan fingerprint density at radius 1 is 1.21 bits per heavy atom. The van der Waals surface area contributed by atoms with Crippen LogP contribution >= 0.6 is 0 Å². The molecular weight excluding hydrogens is 178 g/mol. The molecule has 0 spiro atoms. The number of nitrogens with zero attached hydrogens (tertiary/aromatic N) is 1. The van der Waals surface area contributed by atoms with Crippen molar-refractivity contribution in [3.05, 3.63) is 0 Å². The van der Waals surface area contributed by atoms with E-state index in [1.54, 1.807) is 0 Å². The van der Waals surface area contributed by atoms with E-state index in [9.17, 15) is 0 Å². The summed E-state index contributed by atoms with van der Waals surface area (Å²) >= 11 is 0. The first-order chi connectivity index (χ1) is 6.64. The van der Waals surface area contributed by atoms with Crippen molar-refractivity contribution in [2.75, 3.05) is 39.5 Å². The predicted octanol–water partition coefficient (Wildman–Crippen LogP) is 1.12. The number of likely N-dealkylation sites (tertiary alicyclic amines) is 1. The van der Waals surface area contributed by atoms with Gasteiger partial charge in [0.25, 0.3) is 0 Å². The largest absolute Gasteiger partial charge is 0.394 e. The second kappa shape index (κ2) is 5.69. The average molecular weight is 201 g/mol. The molecule has 84 valence electrons. The number of piperidine rings is 1. The average Bonchev–Trinajstić information content (AvgIpc) is 2.15. The molecule has 1 N–H and O–H groups in total. The van der Waals surface area contributed by atoms with Gasteiger partial charge in [0.15, 0.2) is 0 Å². The van der Waals surface area contributed by atoms with E-state index < -0.39 is 0 Å². The molecule has 14 heavy (non-hydrogen) atoms. The molecule has 0 saturated carbocycles. The maximum absolute atomic E-state index is 8.53. The van der Waals surface area contributed by atoms with Crippen LogP contribution in [0.4, 0.5) is 0 Å². The maximum atomic E-state index is 8.53. The standard InChI is InChI=1S/C11H23NO2/c1-11(2)3-5-12(6-4-11)7-9-14-10-8-13/h13H,3-10H2,1-2H3. The lowest BCUT2D eigenvalue weighted by atomic mass is 9.83. The quantitative estimate of drug-likeness (QED) is 0.677. The first-order valence-electron chi connectivity index (χ1n) is 5.55. The molecule has 0 aromatic rings. The lowest BCUT2D eigenvalue weighted by Crippen LogP contribution is -2.39. The van der Waals surface area contributed by atoms with Crippen LogP contribution < -0.4 is 0 Å². The van der Waals surface area contributed by atoms with Crippen molar-refractivity contribution in [3.8, 4) is 0 Å². The highest BCUT2D eigenvalue weighted by Gasteiger charge is 2.24. The van der Waals surface area contributed by atoms with Gasteiger partial charge in [-0.15, -0.1) is 0 Å². The van der Waals surface area contributed by atoms with E-state index in [2.05, 4.69) is 18.7 Å². The van der Waals surface area contributed by atoms with Gasteiger partial charge in [0.2, 0.25) is 0 Å². The van der Waals surface area contributed by atoms with Gasteiger partial charge in [-0.2, -0.15) is 0 Å². The van der Waals surface area contributed by atoms with Gasteiger partial charge in [0, 0.05) is 6.54 Å². The van der Waals surface area contributed by atoms with Crippen LogP contribution in [0.2, 0.25) is 0 Å². The molecule has 0 atom stereocenters. The summed E-state index contributed by atoms with van der Waals surface area (Å²) in [4.78, 5) is 2.45. The SMILES string of the molecule is CC1(C)CCN(CCOCCO)CC1. The summed E-state index contributed by atoms with van der Waals surface area (Å²) in [5, 5.41) is 8.53. The molecule has 1 heterocycles. The molecule has 1 aliphatic heterocycles. The molecular formula is C11H23NO2. The topological polar surface area (TPSA) is 32.7 Å². The van der Waals surface area contributed by atoms with Crippen LogP contribution in [0.1, 0.15) is 26.7 Å². The summed E-state index contributed by atoms with van der Waals surface area (Å²) in [7, 11) is 0. The van der Waals surface area contributed by atoms with Crippen LogP contribution in [-0.4, -0.2) is 49.5 Å². The summed E-state index contributed by atoms with van der Waals surface area (Å²) in [5.41, 5.74) is 0.530. The van der Waals surface area contributed by atoms with Crippen molar-refractivity contribution >= 4 is 0 Å². The summed E-state index contributed by atoms with van der Waals surface area (Å²) < 4.78 is 5.25. The van der Waals surface area contributed by atoms with Gasteiger partial charge in [0.05, 0.1) is 19.8 Å². The Bertz CT molecular complexity index is 149. The van der Waals surface area contributed by atoms with Crippen molar-refractivity contribution in [2.24, 2.45) is 5.41 Å². The van der Waals surface area contributed by atoms with Crippen molar-refractivity contribution < 1.29 is 9.84 Å². The van der Waals surface area contributed by atoms with E-state index in [1.165, 1.54) is 25.9 Å². The molecule has 1 rings (SSSR count). The van der Waals surface area contributed by atoms with E-state index in [0.29, 0.717) is 12.0 Å². The highest BCUT2D eigenvalue weighted by atomic mass is 16.5. The Hall–Kier alpha value is -0.120. The Labute approximate surface area is 87.1 Å². The second-order valence-electron chi connectivity index (χ2n) is 4.84. The normalized spacial score (nSPS) is 22.5. The molecule has 0 amide bonds. The van der Waals surface area contributed by atoms with Crippen LogP contribution in [-0.2, 0) is 4.74 Å². The molecule has 1 fully saturated rings. The summed E-state index contributed by atoms with van der Waals surface area (Å²) in [6, 6.07) is 0. The molecule has 3 heteroatoms. The highest BCUT2D eigenvalue weighted by molar-refractivity contribution is 4.78. The van der Waals surface area contributed by atoms with E-state index in [4.69, 9.17) is 9.84 Å². The van der Waals surface area contributed by atoms with E-state index in [-0.39, 0.29) is 6.61 Å². The number of hydrogen-bond donors (Lipinski definition) is 1.